The minimum absolute atomic E-state index is 0.180. The molecular weight excluding hydrogens is 254 g/mol. The Balaban J connectivity index is 1.98. The number of hydroxylamine groups is 1. The van der Waals surface area contributed by atoms with Crippen LogP contribution in [0.4, 0.5) is 0 Å². The van der Waals surface area contributed by atoms with Crippen molar-refractivity contribution >= 4 is 5.71 Å². The third-order valence-electron chi connectivity index (χ3n) is 5.33. The van der Waals surface area contributed by atoms with E-state index >= 15 is 0 Å². The number of ether oxygens (including phenoxy) is 2. The van der Waals surface area contributed by atoms with Crippen molar-refractivity contribution in [2.24, 2.45) is 0 Å². The van der Waals surface area contributed by atoms with E-state index in [1.54, 1.807) is 7.11 Å². The number of fused-ring (bicyclic) bond motifs is 1. The molecule has 2 heterocycles. The zero-order valence-electron chi connectivity index (χ0n) is 11.9. The average Bonchev–Trinajstić information content (AvgIpc) is 2.88. The van der Waals surface area contributed by atoms with Gasteiger partial charge in [0.25, 0.3) is 0 Å². The fourth-order valence-electron chi connectivity index (χ4n) is 4.52. The number of hydrogen-bond acceptors (Lipinski definition) is 3. The molecule has 2 unspecified atom stereocenters. The Labute approximate surface area is 118 Å². The van der Waals surface area contributed by atoms with E-state index in [0.717, 1.165) is 59.6 Å². The molecular formula is C16H19NO3. The van der Waals surface area contributed by atoms with Crippen molar-refractivity contribution in [2.45, 2.75) is 50.2 Å². The maximum absolute atomic E-state index is 12.7. The van der Waals surface area contributed by atoms with Crippen LogP contribution in [0, 0.1) is 5.21 Å². The van der Waals surface area contributed by atoms with Crippen LogP contribution in [-0.4, -0.2) is 23.3 Å². The predicted molar refractivity (Wildman–Crippen MR) is 75.4 cm³/mol. The zero-order valence-corrected chi connectivity index (χ0v) is 11.9. The molecule has 0 saturated heterocycles. The van der Waals surface area contributed by atoms with Crippen LogP contribution >= 0.6 is 0 Å². The van der Waals surface area contributed by atoms with E-state index < -0.39 is 5.72 Å². The van der Waals surface area contributed by atoms with Crippen LogP contribution in [-0.2, 0) is 5.41 Å². The summed E-state index contributed by atoms with van der Waals surface area (Å²) in [7, 11) is 1.65. The van der Waals surface area contributed by atoms with Crippen molar-refractivity contribution in [1.29, 1.82) is 0 Å². The number of methoxy groups -OCH3 is 1. The van der Waals surface area contributed by atoms with Gasteiger partial charge in [-0.2, -0.15) is 4.74 Å². The van der Waals surface area contributed by atoms with Crippen LogP contribution in [0.2, 0.25) is 0 Å². The van der Waals surface area contributed by atoms with Crippen LogP contribution in [0.3, 0.4) is 0 Å². The second-order valence-electron chi connectivity index (χ2n) is 6.22. The minimum atomic E-state index is -0.730. The van der Waals surface area contributed by atoms with Gasteiger partial charge in [-0.25, -0.2) is 0 Å². The van der Waals surface area contributed by atoms with Crippen LogP contribution in [0.1, 0.15) is 44.6 Å². The highest BCUT2D eigenvalue weighted by Gasteiger charge is 2.72. The summed E-state index contributed by atoms with van der Waals surface area (Å²) < 4.78 is 12.9. The summed E-state index contributed by atoms with van der Waals surface area (Å²) in [4.78, 5) is 0. The molecule has 4 heteroatoms. The molecule has 0 bridgehead atoms. The molecule has 1 aromatic carbocycles. The van der Waals surface area contributed by atoms with Gasteiger partial charge in [-0.05, 0) is 18.9 Å². The number of nitrogens with zero attached hydrogens (tertiary/aromatic N) is 1. The average molecular weight is 273 g/mol. The van der Waals surface area contributed by atoms with Crippen molar-refractivity contribution < 1.29 is 14.2 Å². The summed E-state index contributed by atoms with van der Waals surface area (Å²) in [6, 6.07) is 6.02. The summed E-state index contributed by atoms with van der Waals surface area (Å²) in [6.45, 7) is 1.93. The first kappa shape index (κ1) is 12.1. The van der Waals surface area contributed by atoms with Gasteiger partial charge in [0.15, 0.2) is 17.2 Å². The largest absolute Gasteiger partial charge is 0.621 e. The first-order chi connectivity index (χ1) is 9.64. The molecule has 1 fully saturated rings. The molecule has 0 amide bonds. The van der Waals surface area contributed by atoms with Crippen molar-refractivity contribution in [3.63, 3.8) is 0 Å². The van der Waals surface area contributed by atoms with E-state index in [0.29, 0.717) is 0 Å². The van der Waals surface area contributed by atoms with Gasteiger partial charge in [-0.3, -0.25) is 0 Å². The van der Waals surface area contributed by atoms with Gasteiger partial charge in [0.05, 0.1) is 13.5 Å². The van der Waals surface area contributed by atoms with Crippen molar-refractivity contribution in [2.75, 3.05) is 7.11 Å². The van der Waals surface area contributed by atoms with Crippen molar-refractivity contribution in [3.8, 4) is 11.5 Å². The molecule has 1 saturated carbocycles. The first-order valence-corrected chi connectivity index (χ1v) is 7.31. The van der Waals surface area contributed by atoms with Crippen LogP contribution in [0.5, 0.6) is 11.5 Å². The second-order valence-corrected chi connectivity index (χ2v) is 6.22. The number of rotatable bonds is 1. The molecule has 2 atom stereocenters. The van der Waals surface area contributed by atoms with E-state index in [-0.39, 0.29) is 5.41 Å². The van der Waals surface area contributed by atoms with E-state index in [4.69, 9.17) is 9.47 Å². The van der Waals surface area contributed by atoms with Crippen molar-refractivity contribution in [3.05, 3.63) is 29.0 Å². The molecule has 0 radical (unpaired) electrons. The number of para-hydroxylation sites is 1. The Morgan fingerprint density at radius 2 is 2.10 bits per heavy atom. The predicted octanol–water partition coefficient (Wildman–Crippen LogP) is 2.97. The van der Waals surface area contributed by atoms with Gasteiger partial charge in [0.1, 0.15) is 5.41 Å². The van der Waals surface area contributed by atoms with E-state index in [1.165, 1.54) is 0 Å². The van der Waals surface area contributed by atoms with Gasteiger partial charge in [-0.1, -0.05) is 18.6 Å². The summed E-state index contributed by atoms with van der Waals surface area (Å²) in [5.41, 5.74) is 1.14. The van der Waals surface area contributed by atoms with Crippen LogP contribution in [0.25, 0.3) is 0 Å². The van der Waals surface area contributed by atoms with Crippen molar-refractivity contribution in [1.82, 2.24) is 0 Å². The maximum atomic E-state index is 12.7. The highest BCUT2D eigenvalue weighted by atomic mass is 16.6. The summed E-state index contributed by atoms with van der Waals surface area (Å²) in [5, 5.41) is 12.7. The molecule has 2 aliphatic heterocycles. The Morgan fingerprint density at radius 3 is 2.90 bits per heavy atom. The van der Waals surface area contributed by atoms with Gasteiger partial charge < -0.3 is 14.7 Å². The molecule has 0 aromatic heterocycles. The lowest BCUT2D eigenvalue weighted by Crippen LogP contribution is -2.55. The molecule has 0 spiro atoms. The SMILES string of the molecule is COc1cccc2c1OC13CCCCC21CC(C)=[N+]3[O-]. The lowest BCUT2D eigenvalue weighted by molar-refractivity contribution is -0.602. The quantitative estimate of drug-likeness (QED) is 0.583. The third-order valence-corrected chi connectivity index (χ3v) is 5.33. The minimum Gasteiger partial charge on any atom is -0.621 e. The summed E-state index contributed by atoms with van der Waals surface area (Å²) in [6.07, 6.45) is 4.82. The molecule has 3 aliphatic rings. The molecule has 4 rings (SSSR count). The van der Waals surface area contributed by atoms with Gasteiger partial charge >= 0.3 is 5.72 Å². The molecule has 4 nitrogen and oxygen atoms in total. The van der Waals surface area contributed by atoms with E-state index in [1.807, 2.05) is 19.1 Å². The topological polar surface area (TPSA) is 44.5 Å². The highest BCUT2D eigenvalue weighted by molar-refractivity contribution is 5.82. The Kier molecular flexibility index (Phi) is 2.22. The van der Waals surface area contributed by atoms with Crippen LogP contribution < -0.4 is 9.47 Å². The van der Waals surface area contributed by atoms with Gasteiger partial charge in [-0.15, -0.1) is 0 Å². The normalized spacial score (nSPS) is 34.3. The Hall–Kier alpha value is -1.71. The zero-order chi connectivity index (χ0) is 14.0. The molecule has 106 valence electrons. The number of hydrogen-bond donors (Lipinski definition) is 0. The fraction of sp³-hybridized carbons (Fsp3) is 0.562. The first-order valence-electron chi connectivity index (χ1n) is 7.31. The maximum Gasteiger partial charge on any atom is 0.326 e. The summed E-state index contributed by atoms with van der Waals surface area (Å²) >= 11 is 0. The molecule has 1 aromatic rings. The fourth-order valence-corrected chi connectivity index (χ4v) is 4.52. The van der Waals surface area contributed by atoms with Gasteiger partial charge in [0.2, 0.25) is 0 Å². The second kappa shape index (κ2) is 3.68. The van der Waals surface area contributed by atoms with E-state index in [9.17, 15) is 5.21 Å². The summed E-state index contributed by atoms with van der Waals surface area (Å²) in [5.74, 6) is 1.52. The lowest BCUT2D eigenvalue weighted by Gasteiger charge is -2.39. The molecule has 1 aliphatic carbocycles. The molecule has 20 heavy (non-hydrogen) atoms. The smallest absolute Gasteiger partial charge is 0.326 e. The third kappa shape index (κ3) is 1.12. The lowest BCUT2D eigenvalue weighted by atomic mass is 9.64. The number of benzene rings is 1. The Morgan fingerprint density at radius 1 is 1.30 bits per heavy atom. The van der Waals surface area contributed by atoms with Gasteiger partial charge in [0, 0.05) is 18.9 Å². The highest BCUT2D eigenvalue weighted by Crippen LogP contribution is 2.62. The Bertz CT molecular complexity index is 624. The molecule has 0 N–H and O–H groups in total. The van der Waals surface area contributed by atoms with Crippen LogP contribution in [0.15, 0.2) is 18.2 Å². The monoisotopic (exact) mass is 273 g/mol. The standard InChI is InChI=1S/C16H19NO3/c1-11-10-15-8-3-4-9-16(15,17(11)18)20-14-12(15)6-5-7-13(14)19-2/h5-7H,3-4,8-10H2,1-2H3. The van der Waals surface area contributed by atoms with E-state index in [2.05, 4.69) is 6.07 Å².